The van der Waals surface area contributed by atoms with Gasteiger partial charge < -0.3 is 9.80 Å². The van der Waals surface area contributed by atoms with Crippen molar-refractivity contribution in [2.45, 2.75) is 0 Å². The molecule has 2 aromatic heterocycles. The third-order valence-corrected chi connectivity index (χ3v) is 13.6. The second kappa shape index (κ2) is 18.2. The van der Waals surface area contributed by atoms with E-state index >= 15 is 0 Å². The largest absolute Gasteiger partial charge is 0.310 e. The van der Waals surface area contributed by atoms with Gasteiger partial charge in [-0.25, -0.2) is 9.13 Å². The van der Waals surface area contributed by atoms with E-state index in [2.05, 4.69) is 300 Å². The summed E-state index contributed by atoms with van der Waals surface area (Å²) in [5.74, 6) is 0. The first kappa shape index (κ1) is 42.2. The molecule has 0 fully saturated rings. The fourth-order valence-electron chi connectivity index (χ4n) is 9.87. The molecule has 4 heteroatoms. The van der Waals surface area contributed by atoms with E-state index < -0.39 is 0 Å². The first-order valence-corrected chi connectivity index (χ1v) is 23.9. The van der Waals surface area contributed by atoms with Gasteiger partial charge in [0, 0.05) is 58.4 Å². The monoisotopic (exact) mass is 898 g/mol. The lowest BCUT2D eigenvalue weighted by Crippen LogP contribution is -2.25. The van der Waals surface area contributed by atoms with E-state index in [1.54, 1.807) is 0 Å². The average molecular weight is 899 g/mol. The van der Waals surface area contributed by atoms with Gasteiger partial charge in [0.1, 0.15) is 14.1 Å². The van der Waals surface area contributed by atoms with Gasteiger partial charge >= 0.3 is 0 Å². The number of fused-ring (bicyclic) bond motifs is 4. The molecule has 4 nitrogen and oxygen atoms in total. The van der Waals surface area contributed by atoms with Crippen molar-refractivity contribution < 1.29 is 9.13 Å². The van der Waals surface area contributed by atoms with E-state index in [9.17, 15) is 0 Å². The maximum Gasteiger partial charge on any atom is 0.169 e. The summed E-state index contributed by atoms with van der Waals surface area (Å²) in [6.45, 7) is 0. The normalized spacial score (nSPS) is 11.5. The minimum absolute atomic E-state index is 1.09. The molecule has 0 spiro atoms. The maximum absolute atomic E-state index is 2.37. The predicted molar refractivity (Wildman–Crippen MR) is 294 cm³/mol. The molecule has 0 unspecified atom stereocenters. The molecule has 12 rings (SSSR count). The van der Waals surface area contributed by atoms with Crippen molar-refractivity contribution in [3.05, 3.63) is 266 Å². The van der Waals surface area contributed by atoms with E-state index in [1.165, 1.54) is 65.3 Å². The Morgan fingerprint density at radius 1 is 0.286 bits per heavy atom. The molecule has 0 amide bonds. The van der Waals surface area contributed by atoms with Gasteiger partial charge in [-0.2, -0.15) is 0 Å². The second-order valence-electron chi connectivity index (χ2n) is 18.2. The number of hydrogen-bond donors (Lipinski definition) is 0. The Morgan fingerprint density at radius 3 is 1.01 bits per heavy atom. The van der Waals surface area contributed by atoms with Crippen molar-refractivity contribution >= 4 is 89.4 Å². The number of hydrogen-bond acceptors (Lipinski definition) is 2. The summed E-state index contributed by atoms with van der Waals surface area (Å²) >= 11 is 0. The molecular formula is C66H50N4+2. The van der Waals surface area contributed by atoms with Crippen LogP contribution in [0.1, 0.15) is 11.1 Å². The molecule has 12 aromatic rings. The number of nitrogens with zero attached hydrogens (tertiary/aromatic N) is 4. The van der Waals surface area contributed by atoms with Gasteiger partial charge in [0.25, 0.3) is 0 Å². The van der Waals surface area contributed by atoms with Crippen molar-refractivity contribution in [2.24, 2.45) is 14.1 Å². The summed E-state index contributed by atoms with van der Waals surface area (Å²) in [5, 5.41) is 9.72. The molecule has 0 bridgehead atoms. The Bertz CT molecular complexity index is 3640. The summed E-state index contributed by atoms with van der Waals surface area (Å²) < 4.78 is 4.14. The van der Waals surface area contributed by atoms with E-state index in [1.807, 2.05) is 0 Å². The zero-order chi connectivity index (χ0) is 47.0. The molecule has 2 heterocycles. The summed E-state index contributed by atoms with van der Waals surface area (Å²) in [4.78, 5) is 4.73. The van der Waals surface area contributed by atoms with Crippen LogP contribution in [0.2, 0.25) is 0 Å². The molecule has 0 aliphatic rings. The van der Waals surface area contributed by atoms with Crippen molar-refractivity contribution in [2.75, 3.05) is 9.80 Å². The quantitative estimate of drug-likeness (QED) is 0.100. The molecule has 0 aliphatic heterocycles. The van der Waals surface area contributed by atoms with Crippen LogP contribution in [0.3, 0.4) is 0 Å². The Kier molecular flexibility index (Phi) is 11.0. The molecule has 0 radical (unpaired) electrons. The number of aryl methyl sites for hydroxylation is 2. The molecule has 70 heavy (non-hydrogen) atoms. The Labute approximate surface area is 409 Å². The first-order valence-electron chi connectivity index (χ1n) is 23.9. The highest BCUT2D eigenvalue weighted by molar-refractivity contribution is 6.01. The second-order valence-corrected chi connectivity index (χ2v) is 18.2. The highest BCUT2D eigenvalue weighted by Gasteiger charge is 2.17. The number of benzene rings is 10. The molecule has 0 aliphatic carbocycles. The highest BCUT2D eigenvalue weighted by atomic mass is 15.1. The lowest BCUT2D eigenvalue weighted by molar-refractivity contribution is -0.671. The smallest absolute Gasteiger partial charge is 0.169 e. The van der Waals surface area contributed by atoms with Crippen LogP contribution in [0, 0.1) is 0 Å². The lowest BCUT2D eigenvalue weighted by Gasteiger charge is -2.26. The predicted octanol–water partition coefficient (Wildman–Crippen LogP) is 16.4. The van der Waals surface area contributed by atoms with Crippen molar-refractivity contribution in [3.63, 3.8) is 0 Å². The highest BCUT2D eigenvalue weighted by Crippen LogP contribution is 2.41. The number of aromatic nitrogens is 2. The molecule has 0 atom stereocenters. The Balaban J connectivity index is 0.855. The van der Waals surface area contributed by atoms with Gasteiger partial charge in [0.05, 0.1) is 0 Å². The van der Waals surface area contributed by atoms with Crippen molar-refractivity contribution in [1.29, 1.82) is 0 Å². The topological polar surface area (TPSA) is 14.2 Å². The summed E-state index contributed by atoms with van der Waals surface area (Å²) in [7, 11) is 4.11. The van der Waals surface area contributed by atoms with Crippen LogP contribution >= 0.6 is 0 Å². The summed E-state index contributed by atoms with van der Waals surface area (Å²) in [6.07, 6.45) is 12.8. The Hall–Kier alpha value is -9.12. The van der Waals surface area contributed by atoms with Gasteiger partial charge in [0.15, 0.2) is 24.8 Å². The van der Waals surface area contributed by atoms with Crippen LogP contribution < -0.4 is 18.9 Å². The number of pyridine rings is 2. The fourth-order valence-corrected chi connectivity index (χ4v) is 9.87. The lowest BCUT2D eigenvalue weighted by atomic mass is 9.98. The molecule has 0 saturated carbocycles. The van der Waals surface area contributed by atoms with Gasteiger partial charge in [-0.05, 0) is 149 Å². The Morgan fingerprint density at radius 2 is 0.614 bits per heavy atom. The standard InChI is InChI=1S/C66H50N4/c1-67-39-35-51(36-40-67)63-15-7-13-55-45-61(31-33-65(55)63)69(59-29-23-49-9-3-5-11-53(49)43-59)57-25-19-47(20-26-57)17-18-48-21-27-58(28-22-48)70(60-30-24-50-10-4-6-12-54(50)44-60)62-32-34-66-56(46-62)14-8-16-64(66)52-37-41-68(2)42-38-52/h3-46H,1-2H3/q+2. The first-order chi connectivity index (χ1) is 34.5. The maximum atomic E-state index is 2.37. The van der Waals surface area contributed by atoms with Gasteiger partial charge in [-0.1, -0.05) is 146 Å². The molecule has 10 aromatic carbocycles. The van der Waals surface area contributed by atoms with Gasteiger partial charge in [-0.3, -0.25) is 0 Å². The van der Waals surface area contributed by atoms with Crippen molar-refractivity contribution in [3.8, 4) is 22.3 Å². The summed E-state index contributed by atoms with van der Waals surface area (Å²) in [5.41, 5.74) is 13.8. The van der Waals surface area contributed by atoms with E-state index in [0.29, 0.717) is 0 Å². The van der Waals surface area contributed by atoms with E-state index in [-0.39, 0.29) is 0 Å². The van der Waals surface area contributed by atoms with Crippen LogP contribution in [-0.2, 0) is 14.1 Å². The minimum atomic E-state index is 1.09. The molecular weight excluding hydrogens is 849 g/mol. The van der Waals surface area contributed by atoms with E-state index in [0.717, 1.165) is 45.3 Å². The van der Waals surface area contributed by atoms with Crippen LogP contribution in [0.15, 0.2) is 255 Å². The minimum Gasteiger partial charge on any atom is -0.310 e. The zero-order valence-electron chi connectivity index (χ0n) is 39.2. The van der Waals surface area contributed by atoms with Crippen LogP contribution in [0.25, 0.3) is 77.5 Å². The third-order valence-electron chi connectivity index (χ3n) is 13.6. The summed E-state index contributed by atoms with van der Waals surface area (Å²) in [6, 6.07) is 84.0. The average Bonchev–Trinajstić information content (AvgIpc) is 3.41. The van der Waals surface area contributed by atoms with Gasteiger partial charge in [-0.15, -0.1) is 0 Å². The van der Waals surface area contributed by atoms with Crippen LogP contribution in [-0.4, -0.2) is 0 Å². The van der Waals surface area contributed by atoms with E-state index in [4.69, 9.17) is 0 Å². The van der Waals surface area contributed by atoms with Crippen LogP contribution in [0.4, 0.5) is 34.1 Å². The molecule has 0 N–H and O–H groups in total. The van der Waals surface area contributed by atoms with Crippen molar-refractivity contribution in [1.82, 2.24) is 0 Å². The van der Waals surface area contributed by atoms with Gasteiger partial charge in [0.2, 0.25) is 0 Å². The third kappa shape index (κ3) is 8.33. The number of rotatable bonds is 10. The molecule has 332 valence electrons. The molecule has 0 saturated heterocycles. The van der Waals surface area contributed by atoms with Crippen LogP contribution in [0.5, 0.6) is 0 Å². The number of anilines is 6. The SMILES string of the molecule is C[n+]1ccc(-c2cccc3cc(N(c4ccc(C=Cc5ccc(N(c6ccc7ccccc7c6)c6ccc7c(-c8cc[n+](C)cc8)cccc7c6)cc5)cc4)c4ccc5ccccc5c4)ccc23)cc1. The zero-order valence-corrected chi connectivity index (χ0v) is 39.2. The fraction of sp³-hybridized carbons (Fsp3) is 0.0303.